The summed E-state index contributed by atoms with van der Waals surface area (Å²) in [7, 11) is -1.54. The molecule has 62 heavy (non-hydrogen) atoms. The lowest BCUT2D eigenvalue weighted by Gasteiger charge is -2.39. The van der Waals surface area contributed by atoms with Crippen LogP contribution in [0.5, 0.6) is 0 Å². The van der Waals surface area contributed by atoms with Crippen molar-refractivity contribution in [2.24, 2.45) is 5.92 Å². The second kappa shape index (κ2) is 19.7. The smallest absolute Gasteiger partial charge is 0.261 e. The number of fused-ring (bicyclic) bond motifs is 2. The van der Waals surface area contributed by atoms with E-state index in [2.05, 4.69) is 39.0 Å². The first-order chi connectivity index (χ1) is 29.8. The van der Waals surface area contributed by atoms with E-state index in [9.17, 15) is 32.7 Å². The average molecular weight is 867 g/mol. The number of nitrogens with one attached hydrogen (secondary N) is 2. The maximum absolute atomic E-state index is 14.1. The normalized spacial score (nSPS) is 17.6. The van der Waals surface area contributed by atoms with E-state index < -0.39 is 15.6 Å². The third kappa shape index (κ3) is 11.0. The fraction of sp³-hybridized carbons (Fsp3) is 0.457. The second-order valence-electron chi connectivity index (χ2n) is 16.9. The van der Waals surface area contributed by atoms with Crippen LogP contribution in [0.4, 0.5) is 11.4 Å². The van der Waals surface area contributed by atoms with Crippen molar-refractivity contribution in [3.8, 4) is 0 Å². The van der Waals surface area contributed by atoms with E-state index >= 15 is 0 Å². The number of carbonyl (C=O) groups is 3. The highest BCUT2D eigenvalue weighted by Crippen LogP contribution is 2.31. The summed E-state index contributed by atoms with van der Waals surface area (Å²) in [5.74, 6) is -0.718. The van der Waals surface area contributed by atoms with Gasteiger partial charge in [0.05, 0.1) is 35.1 Å². The van der Waals surface area contributed by atoms with Gasteiger partial charge in [0, 0.05) is 87.9 Å². The van der Waals surface area contributed by atoms with Crippen LogP contribution in [0.1, 0.15) is 60.0 Å². The summed E-state index contributed by atoms with van der Waals surface area (Å²) < 4.78 is 27.8. The average Bonchev–Trinajstić information content (AvgIpc) is 3.28. The molecule has 4 aromatic rings. The maximum Gasteiger partial charge on any atom is 0.261 e. The van der Waals surface area contributed by atoms with E-state index in [-0.39, 0.29) is 48.6 Å². The summed E-state index contributed by atoms with van der Waals surface area (Å²) in [6, 6.07) is 19.9. The molecular weight excluding hydrogens is 809 g/mol. The SMILES string of the molecule is C=CS(=O)(=O)N1CCCc2cc(C(=O)NCCCC(Cc3ccccc3)C(=O)N3CCC(O)(Cn4cnc5cc(NC(=O)CCN6CCN(C)CC6)ccc5c4=O)CC3)ccc21. The van der Waals surface area contributed by atoms with Gasteiger partial charge >= 0.3 is 0 Å². The first-order valence-electron chi connectivity index (χ1n) is 21.6. The summed E-state index contributed by atoms with van der Waals surface area (Å²) in [4.78, 5) is 64.4. The van der Waals surface area contributed by atoms with E-state index in [0.717, 1.165) is 42.7 Å². The summed E-state index contributed by atoms with van der Waals surface area (Å²) in [5, 5.41) is 18.9. The third-order valence-corrected chi connectivity index (χ3v) is 13.9. The molecule has 3 aromatic carbocycles. The Labute approximate surface area is 363 Å². The number of hydrogen-bond acceptors (Lipinski definition) is 10. The van der Waals surface area contributed by atoms with Crippen molar-refractivity contribution in [1.82, 2.24) is 29.6 Å². The summed E-state index contributed by atoms with van der Waals surface area (Å²) >= 11 is 0. The minimum absolute atomic E-state index is 0.0114. The predicted molar refractivity (Wildman–Crippen MR) is 240 cm³/mol. The third-order valence-electron chi connectivity index (χ3n) is 12.5. The number of nitrogens with zero attached hydrogens (tertiary/aromatic N) is 6. The Kier molecular flexibility index (Phi) is 14.2. The predicted octanol–water partition coefficient (Wildman–Crippen LogP) is 3.62. The van der Waals surface area contributed by atoms with Gasteiger partial charge in [-0.1, -0.05) is 36.9 Å². The number of piperidine rings is 1. The number of rotatable bonds is 16. The molecule has 0 bridgehead atoms. The van der Waals surface area contributed by atoms with Crippen LogP contribution in [0, 0.1) is 5.92 Å². The minimum atomic E-state index is -3.64. The van der Waals surface area contributed by atoms with Gasteiger partial charge in [-0.05, 0) is 99.5 Å². The van der Waals surface area contributed by atoms with Crippen LogP contribution in [0.25, 0.3) is 10.9 Å². The zero-order valence-electron chi connectivity index (χ0n) is 35.5. The fourth-order valence-corrected chi connectivity index (χ4v) is 9.72. The molecule has 0 aliphatic carbocycles. The van der Waals surface area contributed by atoms with Crippen LogP contribution in [0.2, 0.25) is 0 Å². The van der Waals surface area contributed by atoms with E-state index in [4.69, 9.17) is 0 Å². The fourth-order valence-electron chi connectivity index (χ4n) is 8.70. The molecule has 3 N–H and O–H groups in total. The van der Waals surface area contributed by atoms with Gasteiger partial charge in [-0.15, -0.1) is 0 Å². The van der Waals surface area contributed by atoms with Crippen molar-refractivity contribution in [3.63, 3.8) is 0 Å². The Hall–Kier alpha value is -5.42. The molecule has 2 saturated heterocycles. The lowest BCUT2D eigenvalue weighted by atomic mass is 9.88. The number of sulfonamides is 1. The van der Waals surface area contributed by atoms with Crippen LogP contribution in [0.15, 0.2) is 89.8 Å². The highest BCUT2D eigenvalue weighted by atomic mass is 32.2. The number of aryl methyl sites for hydroxylation is 1. The monoisotopic (exact) mass is 866 g/mol. The number of aliphatic hydroxyl groups is 1. The first-order valence-corrected chi connectivity index (χ1v) is 23.1. The van der Waals surface area contributed by atoms with E-state index in [1.54, 1.807) is 41.3 Å². The van der Waals surface area contributed by atoms with Crippen molar-refractivity contribution >= 4 is 50.0 Å². The minimum Gasteiger partial charge on any atom is -0.388 e. The highest BCUT2D eigenvalue weighted by molar-refractivity contribution is 7.95. The second-order valence-corrected chi connectivity index (χ2v) is 18.7. The van der Waals surface area contributed by atoms with E-state index in [1.165, 1.54) is 15.2 Å². The van der Waals surface area contributed by atoms with Gasteiger partial charge in [0.15, 0.2) is 0 Å². The van der Waals surface area contributed by atoms with Crippen LogP contribution >= 0.6 is 0 Å². The van der Waals surface area contributed by atoms with Gasteiger partial charge in [-0.3, -0.25) is 28.1 Å². The number of hydrogen-bond donors (Lipinski definition) is 3. The molecule has 4 heterocycles. The van der Waals surface area contributed by atoms with Gasteiger partial charge in [0.25, 0.3) is 21.5 Å². The van der Waals surface area contributed by atoms with Crippen molar-refractivity contribution in [1.29, 1.82) is 0 Å². The van der Waals surface area contributed by atoms with Crippen LogP contribution < -0.4 is 20.5 Å². The summed E-state index contributed by atoms with van der Waals surface area (Å²) in [6.07, 6.45) is 5.32. The lowest BCUT2D eigenvalue weighted by Crippen LogP contribution is -2.51. The highest BCUT2D eigenvalue weighted by Gasteiger charge is 2.36. The van der Waals surface area contributed by atoms with Gasteiger partial charge < -0.3 is 30.4 Å². The van der Waals surface area contributed by atoms with E-state index in [0.29, 0.717) is 99.1 Å². The largest absolute Gasteiger partial charge is 0.388 e. The number of anilines is 2. The lowest BCUT2D eigenvalue weighted by molar-refractivity contribution is -0.140. The standard InChI is InChI=1S/C46H58N8O7S/c1-3-62(60,61)54-21-8-12-35-30-36(13-16-41(35)54)43(56)47-20-7-11-37(29-34-9-5-4-6-10-34)44(57)52-23-18-46(59,19-24-52)32-53-33-48-40-31-38(14-15-39(40)45(53)58)49-42(55)17-22-51-27-25-50(2)26-28-51/h3-6,9-10,13-16,30-31,33,37,59H,1,7-8,11-12,17-29,32H2,2H3,(H,47,56)(H,49,55). The van der Waals surface area contributed by atoms with Gasteiger partial charge in [0.2, 0.25) is 11.8 Å². The number of amides is 3. The molecule has 1 atom stereocenters. The Morgan fingerprint density at radius 1 is 0.968 bits per heavy atom. The van der Waals surface area contributed by atoms with Crippen molar-refractivity contribution in [2.75, 3.05) is 75.6 Å². The molecular formula is C46H58N8O7S. The summed E-state index contributed by atoms with van der Waals surface area (Å²) in [6.45, 7) is 9.40. The Bertz CT molecular complexity index is 2430. The zero-order chi connectivity index (χ0) is 43.9. The zero-order valence-corrected chi connectivity index (χ0v) is 36.3. The number of benzene rings is 3. The Morgan fingerprint density at radius 3 is 2.47 bits per heavy atom. The van der Waals surface area contributed by atoms with Crippen LogP contribution in [-0.4, -0.2) is 127 Å². The molecule has 3 aliphatic rings. The molecule has 3 amide bonds. The number of carbonyl (C=O) groups excluding carboxylic acids is 3. The quantitative estimate of drug-likeness (QED) is 0.141. The van der Waals surface area contributed by atoms with Crippen molar-refractivity contribution in [2.45, 2.75) is 63.5 Å². The van der Waals surface area contributed by atoms with Gasteiger partial charge in [-0.2, -0.15) is 0 Å². The molecule has 1 aromatic heterocycles. The molecule has 1 unspecified atom stereocenters. The Balaban J connectivity index is 0.918. The topological polar surface area (TPSA) is 177 Å². The number of likely N-dealkylation sites (N-methyl/N-ethyl adjacent to an activating group) is 1. The molecule has 16 heteroatoms. The molecule has 15 nitrogen and oxygen atoms in total. The van der Waals surface area contributed by atoms with Crippen molar-refractivity contribution in [3.05, 3.63) is 112 Å². The molecule has 7 rings (SSSR count). The molecule has 3 aliphatic heterocycles. The maximum atomic E-state index is 14.1. The summed E-state index contributed by atoms with van der Waals surface area (Å²) in [5.41, 5.74) is 2.35. The molecule has 0 spiro atoms. The van der Waals surface area contributed by atoms with Gasteiger partial charge in [-0.25, -0.2) is 13.4 Å². The van der Waals surface area contributed by atoms with E-state index in [1.807, 2.05) is 30.3 Å². The van der Waals surface area contributed by atoms with Gasteiger partial charge in [0.1, 0.15) is 0 Å². The molecule has 0 radical (unpaired) electrons. The molecule has 330 valence electrons. The number of likely N-dealkylation sites (tertiary alicyclic amines) is 1. The Morgan fingerprint density at radius 2 is 1.73 bits per heavy atom. The van der Waals surface area contributed by atoms with Crippen molar-refractivity contribution < 1.29 is 27.9 Å². The molecule has 2 fully saturated rings. The number of aromatic nitrogens is 2. The van der Waals surface area contributed by atoms with Crippen LogP contribution in [-0.2, 0) is 39.0 Å². The molecule has 0 saturated carbocycles. The first kappa shape index (κ1) is 44.6. The number of piperazine rings is 1. The van der Waals surface area contributed by atoms with Crippen LogP contribution in [0.3, 0.4) is 0 Å².